The summed E-state index contributed by atoms with van der Waals surface area (Å²) >= 11 is 6.02. The van der Waals surface area contributed by atoms with E-state index in [1.165, 1.54) is 19.2 Å². The molecule has 0 unspecified atom stereocenters. The Hall–Kier alpha value is -1.95. The van der Waals surface area contributed by atoms with E-state index < -0.39 is 12.0 Å². The minimum absolute atomic E-state index is 0.0122. The average molecular weight is 366 g/mol. The zero-order valence-corrected chi connectivity index (χ0v) is 14.9. The summed E-state index contributed by atoms with van der Waals surface area (Å²) in [4.78, 5) is 11.6. The van der Waals surface area contributed by atoms with E-state index in [4.69, 9.17) is 21.5 Å². The molecular weight excluding hydrogens is 345 g/mol. The highest BCUT2D eigenvalue weighted by atomic mass is 35.5. The molecule has 0 saturated heterocycles. The lowest BCUT2D eigenvalue weighted by molar-refractivity contribution is -0.132. The van der Waals surface area contributed by atoms with Crippen molar-refractivity contribution in [1.29, 1.82) is 0 Å². The fraction of sp³-hybridized carbons (Fsp3) is 0.316. The van der Waals surface area contributed by atoms with Gasteiger partial charge in [-0.15, -0.1) is 0 Å². The Bertz CT molecular complexity index is 721. The van der Waals surface area contributed by atoms with Crippen molar-refractivity contribution in [2.45, 2.75) is 31.8 Å². The van der Waals surface area contributed by atoms with Crippen molar-refractivity contribution < 1.29 is 19.1 Å². The quantitative estimate of drug-likeness (QED) is 0.575. The van der Waals surface area contributed by atoms with Crippen LogP contribution < -0.4 is 5.48 Å². The number of aryl methyl sites for hydroxylation is 1. The predicted molar refractivity (Wildman–Crippen MR) is 94.4 cm³/mol. The van der Waals surface area contributed by atoms with E-state index in [0.717, 1.165) is 16.7 Å². The zero-order valence-electron chi connectivity index (χ0n) is 14.1. The number of carbonyl (C=O) groups excluding carboxylic acids is 1. The summed E-state index contributed by atoms with van der Waals surface area (Å²) < 4.78 is 18.8. The van der Waals surface area contributed by atoms with Gasteiger partial charge >= 0.3 is 0 Å². The normalized spacial score (nSPS) is 13.3. The molecule has 0 aliphatic rings. The minimum Gasteiger partial charge on any atom is -0.380 e. The van der Waals surface area contributed by atoms with Crippen molar-refractivity contribution in [2.24, 2.45) is 0 Å². The SMILES string of the molecule is CO[C@H](CC(=O)NO)[C@H](Cc1ccc(Cl)cc1C)c1ccc(F)cc1. The fourth-order valence-corrected chi connectivity index (χ4v) is 3.14. The number of methoxy groups -OCH3 is 1. The van der Waals surface area contributed by atoms with Gasteiger partial charge in [-0.25, -0.2) is 9.87 Å². The molecule has 25 heavy (non-hydrogen) atoms. The van der Waals surface area contributed by atoms with Crippen molar-refractivity contribution in [3.05, 3.63) is 70.0 Å². The molecule has 0 saturated carbocycles. The monoisotopic (exact) mass is 365 g/mol. The second kappa shape index (κ2) is 8.94. The maximum Gasteiger partial charge on any atom is 0.245 e. The maximum atomic E-state index is 13.3. The zero-order chi connectivity index (χ0) is 18.4. The van der Waals surface area contributed by atoms with E-state index in [0.29, 0.717) is 11.4 Å². The van der Waals surface area contributed by atoms with E-state index in [9.17, 15) is 9.18 Å². The summed E-state index contributed by atoms with van der Waals surface area (Å²) in [7, 11) is 1.51. The van der Waals surface area contributed by atoms with Crippen LogP contribution in [-0.2, 0) is 16.0 Å². The topological polar surface area (TPSA) is 58.6 Å². The number of carbonyl (C=O) groups is 1. The number of hydroxylamine groups is 1. The second-order valence-electron chi connectivity index (χ2n) is 5.95. The van der Waals surface area contributed by atoms with Gasteiger partial charge in [-0.05, 0) is 54.3 Å². The standard InChI is InChI=1S/C19H21ClFNO3/c1-12-9-15(20)6-3-14(12)10-17(13-4-7-16(21)8-5-13)18(25-2)11-19(23)22-24/h3-9,17-18,24H,10-11H2,1-2H3,(H,22,23)/t17-,18-/m1/s1. The van der Waals surface area contributed by atoms with Crippen LogP contribution >= 0.6 is 11.6 Å². The lowest BCUT2D eigenvalue weighted by Crippen LogP contribution is -2.31. The van der Waals surface area contributed by atoms with Gasteiger partial charge in [-0.3, -0.25) is 10.0 Å². The van der Waals surface area contributed by atoms with Gasteiger partial charge in [-0.2, -0.15) is 0 Å². The summed E-state index contributed by atoms with van der Waals surface area (Å²) in [5.41, 5.74) is 4.58. The van der Waals surface area contributed by atoms with Crippen LogP contribution in [0.2, 0.25) is 5.02 Å². The molecule has 2 rings (SSSR count). The van der Waals surface area contributed by atoms with Crippen molar-refractivity contribution in [2.75, 3.05) is 7.11 Å². The third-order valence-corrected chi connectivity index (χ3v) is 4.54. The third kappa shape index (κ3) is 5.26. The Balaban J connectivity index is 2.36. The van der Waals surface area contributed by atoms with Crippen LogP contribution in [0.15, 0.2) is 42.5 Å². The Morgan fingerprint density at radius 1 is 1.28 bits per heavy atom. The molecule has 0 bridgehead atoms. The van der Waals surface area contributed by atoms with E-state index >= 15 is 0 Å². The fourth-order valence-electron chi connectivity index (χ4n) is 2.92. The van der Waals surface area contributed by atoms with Gasteiger partial charge < -0.3 is 4.74 Å². The second-order valence-corrected chi connectivity index (χ2v) is 6.38. The molecule has 0 aliphatic carbocycles. The molecule has 1 amide bonds. The van der Waals surface area contributed by atoms with Gasteiger partial charge in [0.1, 0.15) is 5.82 Å². The largest absolute Gasteiger partial charge is 0.380 e. The van der Waals surface area contributed by atoms with Gasteiger partial charge in [0.25, 0.3) is 0 Å². The van der Waals surface area contributed by atoms with E-state index in [1.54, 1.807) is 17.6 Å². The number of benzene rings is 2. The molecule has 2 aromatic rings. The maximum absolute atomic E-state index is 13.3. The molecule has 134 valence electrons. The molecule has 2 N–H and O–H groups in total. The number of amides is 1. The predicted octanol–water partition coefficient (Wildman–Crippen LogP) is 4.02. The lowest BCUT2D eigenvalue weighted by atomic mass is 9.84. The van der Waals surface area contributed by atoms with Crippen LogP contribution in [0.5, 0.6) is 0 Å². The third-order valence-electron chi connectivity index (χ3n) is 4.31. The number of nitrogens with one attached hydrogen (secondary N) is 1. The molecule has 2 atom stereocenters. The Labute approximate surface area is 151 Å². The summed E-state index contributed by atoms with van der Waals surface area (Å²) in [6, 6.07) is 11.8. The molecule has 0 aliphatic heterocycles. The van der Waals surface area contributed by atoms with Gasteiger partial charge in [0.05, 0.1) is 12.5 Å². The highest BCUT2D eigenvalue weighted by Gasteiger charge is 2.26. The first kappa shape index (κ1) is 19.4. The van der Waals surface area contributed by atoms with Crippen molar-refractivity contribution >= 4 is 17.5 Å². The van der Waals surface area contributed by atoms with Gasteiger partial charge in [0, 0.05) is 18.1 Å². The van der Waals surface area contributed by atoms with Crippen LogP contribution in [0.3, 0.4) is 0 Å². The first-order chi connectivity index (χ1) is 11.9. The van der Waals surface area contributed by atoms with Crippen molar-refractivity contribution in [1.82, 2.24) is 5.48 Å². The first-order valence-electron chi connectivity index (χ1n) is 7.90. The van der Waals surface area contributed by atoms with Gasteiger partial charge in [0.2, 0.25) is 5.91 Å². The molecule has 0 heterocycles. The molecule has 2 aromatic carbocycles. The van der Waals surface area contributed by atoms with Gasteiger partial charge in [-0.1, -0.05) is 29.8 Å². The smallest absolute Gasteiger partial charge is 0.245 e. The number of hydrogen-bond acceptors (Lipinski definition) is 3. The van der Waals surface area contributed by atoms with E-state index in [-0.39, 0.29) is 18.2 Å². The number of hydrogen-bond donors (Lipinski definition) is 2. The molecule has 0 radical (unpaired) electrons. The number of halogens is 2. The molecule has 6 heteroatoms. The van der Waals surface area contributed by atoms with Crippen LogP contribution in [0.4, 0.5) is 4.39 Å². The van der Waals surface area contributed by atoms with E-state index in [2.05, 4.69) is 0 Å². The van der Waals surface area contributed by atoms with Crippen LogP contribution in [0, 0.1) is 12.7 Å². The Morgan fingerprint density at radius 2 is 1.96 bits per heavy atom. The Morgan fingerprint density at radius 3 is 2.52 bits per heavy atom. The van der Waals surface area contributed by atoms with Crippen LogP contribution in [0.1, 0.15) is 29.0 Å². The summed E-state index contributed by atoms with van der Waals surface area (Å²) in [5.74, 6) is -1.05. The molecule has 4 nitrogen and oxygen atoms in total. The number of ether oxygens (including phenoxy) is 1. The van der Waals surface area contributed by atoms with Crippen molar-refractivity contribution in [3.63, 3.8) is 0 Å². The molecule has 0 fully saturated rings. The van der Waals surface area contributed by atoms with Crippen LogP contribution in [-0.4, -0.2) is 24.3 Å². The minimum atomic E-state index is -0.535. The highest BCUT2D eigenvalue weighted by Crippen LogP contribution is 2.30. The molecule has 0 spiro atoms. The first-order valence-corrected chi connectivity index (χ1v) is 8.28. The number of rotatable bonds is 7. The average Bonchev–Trinajstić information content (AvgIpc) is 2.60. The summed E-state index contributed by atoms with van der Waals surface area (Å²) in [5, 5.41) is 9.47. The summed E-state index contributed by atoms with van der Waals surface area (Å²) in [6.07, 6.45) is 0.0979. The highest BCUT2D eigenvalue weighted by molar-refractivity contribution is 6.30. The lowest BCUT2D eigenvalue weighted by Gasteiger charge is -2.27. The van der Waals surface area contributed by atoms with E-state index in [1.807, 2.05) is 25.1 Å². The summed E-state index contributed by atoms with van der Waals surface area (Å²) in [6.45, 7) is 1.96. The molecule has 0 aromatic heterocycles. The van der Waals surface area contributed by atoms with Gasteiger partial charge in [0.15, 0.2) is 0 Å². The Kier molecular flexibility index (Phi) is 6.93. The van der Waals surface area contributed by atoms with Crippen LogP contribution in [0.25, 0.3) is 0 Å². The molecular formula is C19H21ClFNO3. The van der Waals surface area contributed by atoms with Crippen molar-refractivity contribution in [3.8, 4) is 0 Å².